The highest BCUT2D eigenvalue weighted by Crippen LogP contribution is 2.18. The standard InChI is InChI=1S/C16H33N3O2/c1-7-21-15(20)16(4,17-13(2)3)9-11-19-10-8-14(12-19)18(5)6/h13-14,17H,7-12H2,1-6H3. The maximum absolute atomic E-state index is 12.3. The van der Waals surface area contributed by atoms with Gasteiger partial charge in [0.1, 0.15) is 5.54 Å². The number of hydrogen-bond acceptors (Lipinski definition) is 5. The van der Waals surface area contributed by atoms with Crippen molar-refractivity contribution in [2.75, 3.05) is 40.3 Å². The number of likely N-dealkylation sites (N-methyl/N-ethyl adjacent to an activating group) is 1. The summed E-state index contributed by atoms with van der Waals surface area (Å²) in [7, 11) is 4.27. The Bertz CT molecular complexity index is 333. The molecule has 0 spiro atoms. The predicted octanol–water partition coefficient (Wildman–Crippen LogP) is 1.33. The number of carbonyl (C=O) groups excluding carboxylic acids is 1. The molecule has 0 aromatic carbocycles. The first-order valence-electron chi connectivity index (χ1n) is 8.12. The van der Waals surface area contributed by atoms with Gasteiger partial charge < -0.3 is 14.5 Å². The third-order valence-corrected chi connectivity index (χ3v) is 4.24. The van der Waals surface area contributed by atoms with Gasteiger partial charge in [-0.25, -0.2) is 0 Å². The zero-order valence-electron chi connectivity index (χ0n) is 14.6. The summed E-state index contributed by atoms with van der Waals surface area (Å²) in [5.74, 6) is -0.137. The first kappa shape index (κ1) is 18.4. The van der Waals surface area contributed by atoms with Crippen molar-refractivity contribution in [3.8, 4) is 0 Å². The molecule has 0 aromatic rings. The fourth-order valence-corrected chi connectivity index (χ4v) is 2.98. The van der Waals surface area contributed by atoms with Crippen LogP contribution in [0.3, 0.4) is 0 Å². The van der Waals surface area contributed by atoms with Crippen LogP contribution in [-0.2, 0) is 9.53 Å². The molecule has 0 radical (unpaired) electrons. The van der Waals surface area contributed by atoms with E-state index in [-0.39, 0.29) is 12.0 Å². The molecule has 1 N–H and O–H groups in total. The van der Waals surface area contributed by atoms with Gasteiger partial charge in [-0.2, -0.15) is 0 Å². The molecule has 1 fully saturated rings. The highest BCUT2D eigenvalue weighted by molar-refractivity contribution is 5.80. The van der Waals surface area contributed by atoms with E-state index in [1.54, 1.807) is 0 Å². The van der Waals surface area contributed by atoms with Gasteiger partial charge in [-0.05, 0) is 61.2 Å². The van der Waals surface area contributed by atoms with Gasteiger partial charge in [-0.15, -0.1) is 0 Å². The molecule has 1 rings (SSSR count). The molecular formula is C16H33N3O2. The van der Waals surface area contributed by atoms with Crippen molar-refractivity contribution in [2.24, 2.45) is 0 Å². The van der Waals surface area contributed by atoms with Gasteiger partial charge in [0.2, 0.25) is 0 Å². The monoisotopic (exact) mass is 299 g/mol. The first-order chi connectivity index (χ1) is 9.78. The summed E-state index contributed by atoms with van der Waals surface area (Å²) in [4.78, 5) is 17.0. The summed E-state index contributed by atoms with van der Waals surface area (Å²) in [5.41, 5.74) is -0.597. The lowest BCUT2D eigenvalue weighted by Crippen LogP contribution is -2.54. The molecule has 1 aliphatic heterocycles. The smallest absolute Gasteiger partial charge is 0.326 e. The van der Waals surface area contributed by atoms with Crippen molar-refractivity contribution in [3.63, 3.8) is 0 Å². The normalized spacial score (nSPS) is 22.8. The van der Waals surface area contributed by atoms with Gasteiger partial charge in [-0.1, -0.05) is 0 Å². The Hall–Kier alpha value is -0.650. The van der Waals surface area contributed by atoms with E-state index in [2.05, 4.69) is 43.1 Å². The van der Waals surface area contributed by atoms with Gasteiger partial charge >= 0.3 is 5.97 Å². The second kappa shape index (κ2) is 8.11. The van der Waals surface area contributed by atoms with Gasteiger partial charge in [0.05, 0.1) is 6.61 Å². The molecule has 5 nitrogen and oxygen atoms in total. The summed E-state index contributed by atoms with van der Waals surface area (Å²) < 4.78 is 5.25. The Balaban J connectivity index is 2.56. The average Bonchev–Trinajstić information content (AvgIpc) is 2.85. The molecule has 21 heavy (non-hydrogen) atoms. The number of likely N-dealkylation sites (tertiary alicyclic amines) is 1. The summed E-state index contributed by atoms with van der Waals surface area (Å²) in [6, 6.07) is 0.893. The minimum absolute atomic E-state index is 0.137. The summed E-state index contributed by atoms with van der Waals surface area (Å²) in [5, 5.41) is 3.39. The van der Waals surface area contributed by atoms with Crippen molar-refractivity contribution in [3.05, 3.63) is 0 Å². The molecule has 1 aliphatic rings. The van der Waals surface area contributed by atoms with Crippen LogP contribution in [0.5, 0.6) is 0 Å². The van der Waals surface area contributed by atoms with Crippen LogP contribution in [0.2, 0.25) is 0 Å². The number of hydrogen-bond donors (Lipinski definition) is 1. The third kappa shape index (κ3) is 5.57. The van der Waals surface area contributed by atoms with Gasteiger partial charge in [-0.3, -0.25) is 10.1 Å². The van der Waals surface area contributed by atoms with Crippen LogP contribution in [0.25, 0.3) is 0 Å². The van der Waals surface area contributed by atoms with Crippen LogP contribution in [-0.4, -0.2) is 73.7 Å². The molecule has 2 atom stereocenters. The van der Waals surface area contributed by atoms with Gasteiger partial charge in [0.15, 0.2) is 0 Å². The van der Waals surface area contributed by atoms with E-state index in [1.807, 2.05) is 13.8 Å². The molecular weight excluding hydrogens is 266 g/mol. The third-order valence-electron chi connectivity index (χ3n) is 4.24. The number of nitrogens with zero attached hydrogens (tertiary/aromatic N) is 2. The van der Waals surface area contributed by atoms with E-state index in [9.17, 15) is 4.79 Å². The van der Waals surface area contributed by atoms with E-state index in [1.165, 1.54) is 6.42 Å². The van der Waals surface area contributed by atoms with Gasteiger partial charge in [0.25, 0.3) is 0 Å². The fourth-order valence-electron chi connectivity index (χ4n) is 2.98. The van der Waals surface area contributed by atoms with Crippen LogP contribution in [0.4, 0.5) is 0 Å². The lowest BCUT2D eigenvalue weighted by atomic mass is 9.96. The number of rotatable bonds is 8. The zero-order valence-corrected chi connectivity index (χ0v) is 14.6. The maximum Gasteiger partial charge on any atom is 0.326 e. The molecule has 0 amide bonds. The van der Waals surface area contributed by atoms with E-state index < -0.39 is 5.54 Å². The Morgan fingerprint density at radius 1 is 1.48 bits per heavy atom. The molecule has 5 heteroatoms. The van der Waals surface area contributed by atoms with Crippen molar-refractivity contribution >= 4 is 5.97 Å². The molecule has 1 heterocycles. The van der Waals surface area contributed by atoms with Crippen LogP contribution in [0, 0.1) is 0 Å². The second-order valence-corrected chi connectivity index (χ2v) is 6.81. The van der Waals surface area contributed by atoms with Crippen molar-refractivity contribution in [2.45, 2.75) is 58.2 Å². The van der Waals surface area contributed by atoms with Crippen molar-refractivity contribution in [1.82, 2.24) is 15.1 Å². The van der Waals surface area contributed by atoms with Crippen LogP contribution in [0.1, 0.15) is 40.5 Å². The highest BCUT2D eigenvalue weighted by Gasteiger charge is 2.36. The van der Waals surface area contributed by atoms with E-state index >= 15 is 0 Å². The Morgan fingerprint density at radius 3 is 2.62 bits per heavy atom. The predicted molar refractivity (Wildman–Crippen MR) is 86.5 cm³/mol. The first-order valence-corrected chi connectivity index (χ1v) is 8.12. The second-order valence-electron chi connectivity index (χ2n) is 6.81. The Labute approximate surface area is 130 Å². The van der Waals surface area contributed by atoms with Crippen LogP contribution in [0.15, 0.2) is 0 Å². The van der Waals surface area contributed by atoms with Gasteiger partial charge in [0, 0.05) is 25.2 Å². The summed E-state index contributed by atoms with van der Waals surface area (Å²) in [6.07, 6.45) is 1.99. The fraction of sp³-hybridized carbons (Fsp3) is 0.938. The van der Waals surface area contributed by atoms with Crippen LogP contribution >= 0.6 is 0 Å². The molecule has 0 saturated carbocycles. The minimum atomic E-state index is -0.597. The van der Waals surface area contributed by atoms with Crippen LogP contribution < -0.4 is 5.32 Å². The zero-order chi connectivity index (χ0) is 16.0. The Morgan fingerprint density at radius 2 is 2.14 bits per heavy atom. The largest absolute Gasteiger partial charge is 0.465 e. The maximum atomic E-state index is 12.3. The lowest BCUT2D eigenvalue weighted by molar-refractivity contribution is -0.151. The highest BCUT2D eigenvalue weighted by atomic mass is 16.5. The SMILES string of the molecule is CCOC(=O)C(C)(CCN1CCC(N(C)C)C1)NC(C)C. The number of esters is 1. The molecule has 0 aliphatic carbocycles. The lowest BCUT2D eigenvalue weighted by Gasteiger charge is -2.32. The van der Waals surface area contributed by atoms with E-state index in [0.29, 0.717) is 12.6 Å². The minimum Gasteiger partial charge on any atom is -0.465 e. The van der Waals surface area contributed by atoms with Crippen molar-refractivity contribution in [1.29, 1.82) is 0 Å². The average molecular weight is 299 g/mol. The molecule has 0 bridgehead atoms. The molecule has 2 unspecified atom stereocenters. The van der Waals surface area contributed by atoms with E-state index in [0.717, 1.165) is 26.1 Å². The number of ether oxygens (including phenoxy) is 1. The van der Waals surface area contributed by atoms with E-state index in [4.69, 9.17) is 4.74 Å². The molecule has 1 saturated heterocycles. The quantitative estimate of drug-likeness (QED) is 0.685. The summed E-state index contributed by atoms with van der Waals surface area (Å²) >= 11 is 0. The van der Waals surface area contributed by atoms with Crippen molar-refractivity contribution < 1.29 is 9.53 Å². The number of nitrogens with one attached hydrogen (secondary N) is 1. The number of carbonyl (C=O) groups is 1. The molecule has 0 aromatic heterocycles. The summed E-state index contributed by atoms with van der Waals surface area (Å²) in [6.45, 7) is 11.5. The topological polar surface area (TPSA) is 44.8 Å². The molecule has 124 valence electrons. The Kier molecular flexibility index (Phi) is 7.10.